The molecule has 154 valence electrons. The molecule has 0 saturated heterocycles. The second kappa shape index (κ2) is 5.94. The van der Waals surface area contributed by atoms with Crippen LogP contribution < -0.4 is 0 Å². The second-order valence-corrected chi connectivity index (χ2v) is 21.9. The monoisotopic (exact) mass is 418 g/mol. The van der Waals surface area contributed by atoms with Crippen molar-refractivity contribution >= 4 is 28.1 Å². The second-order valence-electron chi connectivity index (χ2n) is 11.2. The Morgan fingerprint density at radius 2 is 1.50 bits per heavy atom. The largest absolute Gasteiger partial charge is 0.466 e. The number of hydrogen-bond acceptors (Lipinski definition) is 4. The first-order valence-electron chi connectivity index (χ1n) is 10.6. The topological polar surface area (TPSA) is 52.6 Å². The lowest BCUT2D eigenvalue weighted by atomic mass is 9.78. The molecule has 4 bridgehead atoms. The van der Waals surface area contributed by atoms with Gasteiger partial charge >= 0.3 is 11.9 Å². The van der Waals surface area contributed by atoms with E-state index in [0.29, 0.717) is 28.5 Å². The predicted molar refractivity (Wildman–Crippen MR) is 116 cm³/mol. The summed E-state index contributed by atoms with van der Waals surface area (Å²) in [5.41, 5.74) is 4.82. The van der Waals surface area contributed by atoms with Crippen LogP contribution in [-0.4, -0.2) is 42.3 Å². The lowest BCUT2D eigenvalue weighted by Gasteiger charge is -2.51. The van der Waals surface area contributed by atoms with Gasteiger partial charge in [-0.25, -0.2) is 9.59 Å². The number of ether oxygens (including phenoxy) is 2. The third-order valence-electron chi connectivity index (χ3n) is 8.04. The average molecular weight is 419 g/mol. The molecular weight excluding hydrogens is 384 g/mol. The predicted octanol–water partition coefficient (Wildman–Crippen LogP) is 4.79. The fourth-order valence-electron chi connectivity index (χ4n) is 7.64. The summed E-state index contributed by atoms with van der Waals surface area (Å²) in [5.74, 6) is 0.645. The quantitative estimate of drug-likeness (QED) is 0.285. The van der Waals surface area contributed by atoms with Crippen molar-refractivity contribution in [1.29, 1.82) is 0 Å². The minimum atomic E-state index is -1.96. The van der Waals surface area contributed by atoms with Crippen molar-refractivity contribution in [3.63, 3.8) is 0 Å². The number of rotatable bonds is 4. The van der Waals surface area contributed by atoms with Gasteiger partial charge in [0.1, 0.15) is 0 Å². The Morgan fingerprint density at radius 1 is 0.929 bits per heavy atom. The SMILES string of the molecule is COC(=O)C1=C(C(=O)OC)[C@]2([Si](C)(C)C)C3=C(C4CCC3C4)C1C2[Si](C)(C)C. The maximum absolute atomic E-state index is 13.3. The highest BCUT2D eigenvalue weighted by Gasteiger charge is 2.75. The Morgan fingerprint density at radius 3 is 2.00 bits per heavy atom. The number of methoxy groups -OCH3 is 2. The molecule has 4 nitrogen and oxygen atoms in total. The standard InChI is InChI=1S/C22H34O4Si2/c1-25-20(23)16-15-14-12-9-10-13(11-12)17(14)22(28(6,7)8,18(16)21(24)26-2)19(15)27(3,4)5/h12-13,15,19H,9-11H2,1-8H3/t12?,13?,15?,19?,22-/m1/s1. The molecule has 0 aromatic heterocycles. The van der Waals surface area contributed by atoms with E-state index < -0.39 is 16.1 Å². The van der Waals surface area contributed by atoms with Crippen LogP contribution in [0.3, 0.4) is 0 Å². The van der Waals surface area contributed by atoms with Gasteiger partial charge in [-0.3, -0.25) is 0 Å². The Bertz CT molecular complexity index is 826. The van der Waals surface area contributed by atoms with Crippen LogP contribution in [0.4, 0.5) is 0 Å². The normalized spacial score (nSPS) is 36.3. The van der Waals surface area contributed by atoms with Gasteiger partial charge in [-0.15, -0.1) is 0 Å². The molecule has 1 saturated carbocycles. The zero-order valence-electron chi connectivity index (χ0n) is 18.6. The van der Waals surface area contributed by atoms with Gasteiger partial charge in [-0.1, -0.05) is 50.4 Å². The summed E-state index contributed by atoms with van der Waals surface area (Å²) in [6, 6.07) is 0. The summed E-state index contributed by atoms with van der Waals surface area (Å²) < 4.78 is 10.6. The molecule has 0 N–H and O–H groups in total. The molecule has 0 amide bonds. The third-order valence-corrected chi connectivity index (χ3v) is 14.2. The summed E-state index contributed by atoms with van der Waals surface area (Å²) in [7, 11) is -0.800. The smallest absolute Gasteiger partial charge is 0.334 e. The van der Waals surface area contributed by atoms with E-state index in [1.54, 1.807) is 11.1 Å². The van der Waals surface area contributed by atoms with Crippen molar-refractivity contribution < 1.29 is 19.1 Å². The fraction of sp³-hybridized carbons (Fsp3) is 0.727. The summed E-state index contributed by atoms with van der Waals surface area (Å²) >= 11 is 0. The van der Waals surface area contributed by atoms with Crippen molar-refractivity contribution in [3.8, 4) is 0 Å². The molecule has 0 aromatic rings. The van der Waals surface area contributed by atoms with E-state index in [4.69, 9.17) is 9.47 Å². The molecule has 0 spiro atoms. The van der Waals surface area contributed by atoms with Crippen LogP contribution in [0.25, 0.3) is 0 Å². The zero-order chi connectivity index (χ0) is 20.8. The highest BCUT2D eigenvalue weighted by molar-refractivity contribution is 6.87. The molecular formula is C22H34O4Si2. The van der Waals surface area contributed by atoms with E-state index in [0.717, 1.165) is 0 Å². The van der Waals surface area contributed by atoms with Crippen LogP contribution in [-0.2, 0) is 19.1 Å². The Balaban J connectivity index is 2.11. The van der Waals surface area contributed by atoms with Gasteiger partial charge in [0.2, 0.25) is 0 Å². The number of esters is 2. The van der Waals surface area contributed by atoms with Crippen LogP contribution in [0.15, 0.2) is 22.3 Å². The summed E-state index contributed by atoms with van der Waals surface area (Å²) in [4.78, 5) is 26.4. The van der Waals surface area contributed by atoms with E-state index >= 15 is 0 Å². The van der Waals surface area contributed by atoms with Crippen molar-refractivity contribution in [2.75, 3.05) is 14.2 Å². The van der Waals surface area contributed by atoms with Crippen molar-refractivity contribution in [1.82, 2.24) is 0 Å². The minimum absolute atomic E-state index is 0.0743. The van der Waals surface area contributed by atoms with E-state index in [2.05, 4.69) is 39.3 Å². The lowest BCUT2D eigenvalue weighted by Crippen LogP contribution is -2.50. The Kier molecular flexibility index (Phi) is 4.27. The van der Waals surface area contributed by atoms with Crippen molar-refractivity contribution in [2.24, 2.45) is 17.8 Å². The van der Waals surface area contributed by atoms with Gasteiger partial charge in [0, 0.05) is 19.0 Å². The van der Waals surface area contributed by atoms with E-state index in [1.807, 2.05) is 0 Å². The summed E-state index contributed by atoms with van der Waals surface area (Å²) in [5, 5.41) is -0.270. The number of fused-ring (bicyclic) bond motifs is 8. The molecule has 6 heteroatoms. The van der Waals surface area contributed by atoms with Crippen molar-refractivity contribution in [2.45, 2.75) is 69.1 Å². The number of hydrogen-bond donors (Lipinski definition) is 0. The van der Waals surface area contributed by atoms with E-state index in [1.165, 1.54) is 33.5 Å². The molecule has 4 aliphatic carbocycles. The van der Waals surface area contributed by atoms with Gasteiger partial charge < -0.3 is 9.47 Å². The van der Waals surface area contributed by atoms with Crippen LogP contribution >= 0.6 is 0 Å². The molecule has 28 heavy (non-hydrogen) atoms. The van der Waals surface area contributed by atoms with Gasteiger partial charge in [-0.2, -0.15) is 0 Å². The molecule has 4 unspecified atom stereocenters. The molecule has 0 aliphatic heterocycles. The van der Waals surface area contributed by atoms with Gasteiger partial charge in [0.25, 0.3) is 0 Å². The third kappa shape index (κ3) is 2.16. The molecule has 0 radical (unpaired) electrons. The first-order valence-corrected chi connectivity index (χ1v) is 17.7. The van der Waals surface area contributed by atoms with Crippen LogP contribution in [0.5, 0.6) is 0 Å². The molecule has 4 aliphatic rings. The van der Waals surface area contributed by atoms with E-state index in [9.17, 15) is 9.59 Å². The van der Waals surface area contributed by atoms with Crippen LogP contribution in [0.1, 0.15) is 19.3 Å². The van der Waals surface area contributed by atoms with Crippen LogP contribution in [0, 0.1) is 17.8 Å². The number of carbonyl (C=O) groups excluding carboxylic acids is 2. The summed E-state index contributed by atoms with van der Waals surface area (Å²) in [6.45, 7) is 14.4. The van der Waals surface area contributed by atoms with Crippen LogP contribution in [0.2, 0.25) is 49.9 Å². The highest BCUT2D eigenvalue weighted by Crippen LogP contribution is 2.82. The minimum Gasteiger partial charge on any atom is -0.466 e. The molecule has 5 atom stereocenters. The maximum atomic E-state index is 13.3. The molecule has 0 heterocycles. The summed E-state index contributed by atoms with van der Waals surface area (Å²) in [6.07, 6.45) is 3.69. The average Bonchev–Trinajstić information content (AvgIpc) is 3.32. The number of allylic oxidation sites excluding steroid dienone is 2. The van der Waals surface area contributed by atoms with Gasteiger partial charge in [0.15, 0.2) is 0 Å². The molecule has 1 fully saturated rings. The highest BCUT2D eigenvalue weighted by atomic mass is 28.3. The fourth-order valence-corrected chi connectivity index (χ4v) is 16.4. The molecule has 4 rings (SSSR count). The molecule has 0 aromatic carbocycles. The first kappa shape index (κ1) is 20.1. The Labute approximate surface area is 170 Å². The Hall–Kier alpha value is -1.15. The zero-order valence-corrected chi connectivity index (χ0v) is 20.6. The van der Waals surface area contributed by atoms with Gasteiger partial charge in [-0.05, 0) is 36.6 Å². The van der Waals surface area contributed by atoms with Gasteiger partial charge in [0.05, 0.1) is 33.4 Å². The van der Waals surface area contributed by atoms with E-state index in [-0.39, 0.29) is 22.9 Å². The first-order chi connectivity index (χ1) is 12.9. The maximum Gasteiger partial charge on any atom is 0.334 e. The van der Waals surface area contributed by atoms with Crippen molar-refractivity contribution in [3.05, 3.63) is 22.3 Å². The lowest BCUT2D eigenvalue weighted by molar-refractivity contribution is -0.139. The number of carbonyl (C=O) groups is 2.